The molecular weight excluding hydrogens is 445 g/mol. The Morgan fingerprint density at radius 3 is 2.53 bits per heavy atom. The standard InChI is InChI=1S/C26H29F3N2O3/c1-3-4-16-34-24(32)18-23(30-15-9-13-20-10-6-5-7-11-20)25(33)31(2)19-21-12-8-14-22(17-21)26(27,28)29/h5-15,17,23H,3-4,16,18-19H2,1-2H3/b13-9+,30-15-/t23-/m1/s1. The fourth-order valence-corrected chi connectivity index (χ4v) is 3.07. The van der Waals surface area contributed by atoms with Crippen LogP contribution in [0.3, 0.4) is 0 Å². The summed E-state index contributed by atoms with van der Waals surface area (Å²) in [5.41, 5.74) is 0.478. The van der Waals surface area contributed by atoms with Gasteiger partial charge in [-0.3, -0.25) is 14.6 Å². The first kappa shape index (κ1) is 26.8. The van der Waals surface area contributed by atoms with Gasteiger partial charge in [0.2, 0.25) is 5.91 Å². The number of carbonyl (C=O) groups is 2. The van der Waals surface area contributed by atoms with Crippen molar-refractivity contribution in [3.63, 3.8) is 0 Å². The van der Waals surface area contributed by atoms with Crippen molar-refractivity contribution < 1.29 is 27.5 Å². The fraction of sp³-hybridized carbons (Fsp3) is 0.346. The highest BCUT2D eigenvalue weighted by atomic mass is 19.4. The molecule has 2 aromatic rings. The first-order chi connectivity index (χ1) is 16.2. The quantitative estimate of drug-likeness (QED) is 0.244. The van der Waals surface area contributed by atoms with Crippen LogP contribution in [0.5, 0.6) is 0 Å². The van der Waals surface area contributed by atoms with Gasteiger partial charge in [0, 0.05) is 19.8 Å². The van der Waals surface area contributed by atoms with Gasteiger partial charge in [-0.1, -0.05) is 61.9 Å². The van der Waals surface area contributed by atoms with Crippen LogP contribution in [0.1, 0.15) is 42.9 Å². The number of rotatable bonds is 11. The molecule has 0 aliphatic rings. The highest BCUT2D eigenvalue weighted by Gasteiger charge is 2.31. The van der Waals surface area contributed by atoms with Crippen molar-refractivity contribution in [2.75, 3.05) is 13.7 Å². The minimum Gasteiger partial charge on any atom is -0.466 e. The second kappa shape index (κ2) is 13.3. The zero-order valence-electron chi connectivity index (χ0n) is 19.3. The molecule has 0 bridgehead atoms. The molecule has 2 rings (SSSR count). The number of alkyl halides is 3. The summed E-state index contributed by atoms with van der Waals surface area (Å²) in [4.78, 5) is 30.7. The van der Waals surface area contributed by atoms with Gasteiger partial charge in [0.15, 0.2) is 0 Å². The van der Waals surface area contributed by atoms with E-state index in [9.17, 15) is 22.8 Å². The zero-order chi connectivity index (χ0) is 25.0. The minimum atomic E-state index is -4.47. The summed E-state index contributed by atoms with van der Waals surface area (Å²) in [6.07, 6.45) is 1.74. The maximum absolute atomic E-state index is 13.0. The molecule has 0 spiro atoms. The van der Waals surface area contributed by atoms with Crippen LogP contribution in [0.2, 0.25) is 0 Å². The smallest absolute Gasteiger partial charge is 0.416 e. The van der Waals surface area contributed by atoms with Crippen LogP contribution in [0.4, 0.5) is 13.2 Å². The Balaban J connectivity index is 2.12. The van der Waals surface area contributed by atoms with E-state index in [2.05, 4.69) is 4.99 Å². The number of ether oxygens (including phenoxy) is 1. The van der Waals surface area contributed by atoms with Crippen LogP contribution in [-0.4, -0.2) is 42.7 Å². The maximum atomic E-state index is 13.0. The molecule has 0 fully saturated rings. The number of hydrogen-bond donors (Lipinski definition) is 0. The van der Waals surface area contributed by atoms with Gasteiger partial charge in [-0.25, -0.2) is 0 Å². The molecule has 0 aliphatic carbocycles. The number of esters is 1. The third kappa shape index (κ3) is 9.21. The number of nitrogens with zero attached hydrogens (tertiary/aromatic N) is 2. The molecule has 1 amide bonds. The Morgan fingerprint density at radius 2 is 1.85 bits per heavy atom. The molecule has 0 heterocycles. The molecule has 8 heteroatoms. The van der Waals surface area contributed by atoms with Crippen molar-refractivity contribution in [3.05, 3.63) is 77.4 Å². The van der Waals surface area contributed by atoms with Crippen LogP contribution in [0.25, 0.3) is 6.08 Å². The lowest BCUT2D eigenvalue weighted by atomic mass is 10.1. The van der Waals surface area contributed by atoms with E-state index >= 15 is 0 Å². The lowest BCUT2D eigenvalue weighted by molar-refractivity contribution is -0.146. The van der Waals surface area contributed by atoms with Crippen LogP contribution >= 0.6 is 0 Å². The first-order valence-corrected chi connectivity index (χ1v) is 11.0. The second-order valence-electron chi connectivity index (χ2n) is 7.75. The molecular formula is C26H29F3N2O3. The summed E-state index contributed by atoms with van der Waals surface area (Å²) in [5.74, 6) is -1.04. The van der Waals surface area contributed by atoms with Crippen molar-refractivity contribution in [2.24, 2.45) is 4.99 Å². The van der Waals surface area contributed by atoms with E-state index in [0.717, 1.165) is 24.1 Å². The number of halogens is 3. The molecule has 2 aromatic carbocycles. The van der Waals surface area contributed by atoms with E-state index in [4.69, 9.17) is 4.74 Å². The predicted molar refractivity (Wildman–Crippen MR) is 126 cm³/mol. The van der Waals surface area contributed by atoms with Crippen LogP contribution in [-0.2, 0) is 27.0 Å². The highest BCUT2D eigenvalue weighted by Crippen LogP contribution is 2.29. The van der Waals surface area contributed by atoms with Gasteiger partial charge >= 0.3 is 12.1 Å². The average Bonchev–Trinajstić information content (AvgIpc) is 2.81. The molecule has 182 valence electrons. The topological polar surface area (TPSA) is 59.0 Å². The van der Waals surface area contributed by atoms with Crippen LogP contribution in [0.15, 0.2) is 65.7 Å². The van der Waals surface area contributed by atoms with Gasteiger partial charge in [-0.2, -0.15) is 13.2 Å². The highest BCUT2D eigenvalue weighted by molar-refractivity contribution is 5.89. The molecule has 0 aliphatic heterocycles. The lowest BCUT2D eigenvalue weighted by Crippen LogP contribution is -2.36. The molecule has 34 heavy (non-hydrogen) atoms. The largest absolute Gasteiger partial charge is 0.466 e. The normalized spacial score (nSPS) is 12.7. The molecule has 5 nitrogen and oxygen atoms in total. The summed E-state index contributed by atoms with van der Waals surface area (Å²) >= 11 is 0. The first-order valence-electron chi connectivity index (χ1n) is 11.0. The Morgan fingerprint density at radius 1 is 1.12 bits per heavy atom. The SMILES string of the molecule is CCCCOC(=O)C[C@@H](/N=C\C=C\c1ccccc1)C(=O)N(C)Cc1cccc(C(F)(F)F)c1. The zero-order valence-corrected chi connectivity index (χ0v) is 19.3. The van der Waals surface area contributed by atoms with Crippen LogP contribution < -0.4 is 0 Å². The summed E-state index contributed by atoms with van der Waals surface area (Å²) < 4.78 is 44.2. The number of amides is 1. The molecule has 0 saturated carbocycles. The fourth-order valence-electron chi connectivity index (χ4n) is 3.07. The van der Waals surface area contributed by atoms with E-state index in [-0.39, 0.29) is 19.6 Å². The molecule has 0 N–H and O–H groups in total. The second-order valence-corrected chi connectivity index (χ2v) is 7.75. The maximum Gasteiger partial charge on any atom is 0.416 e. The summed E-state index contributed by atoms with van der Waals surface area (Å²) in [7, 11) is 1.47. The lowest BCUT2D eigenvalue weighted by Gasteiger charge is -2.21. The number of aliphatic imine (C=N–C) groups is 1. The Kier molecular flexibility index (Phi) is 10.5. The van der Waals surface area contributed by atoms with E-state index in [1.165, 1.54) is 30.3 Å². The van der Waals surface area contributed by atoms with Gasteiger partial charge in [0.25, 0.3) is 0 Å². The Labute approximate surface area is 197 Å². The molecule has 0 aromatic heterocycles. The Bertz CT molecular complexity index is 988. The Hall–Kier alpha value is -3.42. The number of carbonyl (C=O) groups excluding carboxylic acids is 2. The third-order valence-corrected chi connectivity index (χ3v) is 4.90. The summed E-state index contributed by atoms with van der Waals surface area (Å²) in [6.45, 7) is 2.17. The number of benzene rings is 2. The van der Waals surface area contributed by atoms with E-state index in [0.29, 0.717) is 12.0 Å². The molecule has 0 saturated heterocycles. The number of allylic oxidation sites excluding steroid dienone is 1. The van der Waals surface area contributed by atoms with Crippen molar-refractivity contribution in [1.82, 2.24) is 4.90 Å². The number of likely N-dealkylation sites (N-methyl/N-ethyl adjacent to an activating group) is 1. The number of unbranched alkanes of at least 4 members (excludes halogenated alkanes) is 1. The van der Waals surface area contributed by atoms with Gasteiger partial charge < -0.3 is 9.64 Å². The van der Waals surface area contributed by atoms with Crippen LogP contribution in [0, 0.1) is 0 Å². The van der Waals surface area contributed by atoms with Gasteiger partial charge in [0.05, 0.1) is 18.6 Å². The molecule has 0 unspecified atom stereocenters. The van der Waals surface area contributed by atoms with Crippen molar-refractivity contribution in [1.29, 1.82) is 0 Å². The van der Waals surface area contributed by atoms with E-state index in [1.54, 1.807) is 12.2 Å². The van der Waals surface area contributed by atoms with Crippen molar-refractivity contribution in [2.45, 2.75) is 44.9 Å². The predicted octanol–water partition coefficient (Wildman–Crippen LogP) is 5.55. The van der Waals surface area contributed by atoms with E-state index < -0.39 is 29.7 Å². The number of hydrogen-bond acceptors (Lipinski definition) is 4. The van der Waals surface area contributed by atoms with Crippen molar-refractivity contribution >= 4 is 24.2 Å². The third-order valence-electron chi connectivity index (χ3n) is 4.90. The van der Waals surface area contributed by atoms with E-state index in [1.807, 2.05) is 37.3 Å². The summed E-state index contributed by atoms with van der Waals surface area (Å²) in [5, 5.41) is 0. The van der Waals surface area contributed by atoms with Gasteiger partial charge in [-0.15, -0.1) is 0 Å². The summed E-state index contributed by atoms with van der Waals surface area (Å²) in [6, 6.07) is 13.2. The van der Waals surface area contributed by atoms with Gasteiger partial charge in [0.1, 0.15) is 6.04 Å². The molecule has 1 atom stereocenters. The monoisotopic (exact) mass is 474 g/mol. The average molecular weight is 475 g/mol. The molecule has 0 radical (unpaired) electrons. The van der Waals surface area contributed by atoms with Gasteiger partial charge in [-0.05, 0) is 35.8 Å². The minimum absolute atomic E-state index is 0.0560. The van der Waals surface area contributed by atoms with Crippen molar-refractivity contribution in [3.8, 4) is 0 Å².